The molecule has 0 aliphatic carbocycles. The van der Waals surface area contributed by atoms with E-state index in [9.17, 15) is 14.7 Å². The molecule has 0 radical (unpaired) electrons. The summed E-state index contributed by atoms with van der Waals surface area (Å²) in [4.78, 5) is 30.3. The highest BCUT2D eigenvalue weighted by atomic mass is 16.4. The van der Waals surface area contributed by atoms with E-state index in [1.165, 1.54) is 0 Å². The van der Waals surface area contributed by atoms with Crippen LogP contribution in [0.25, 0.3) is 10.9 Å². The Morgan fingerprint density at radius 2 is 2.00 bits per heavy atom. The summed E-state index contributed by atoms with van der Waals surface area (Å²) in [5.41, 5.74) is 2.99. The molecule has 3 rings (SSSR count). The van der Waals surface area contributed by atoms with Gasteiger partial charge in [0, 0.05) is 24.2 Å². The van der Waals surface area contributed by atoms with Crippen LogP contribution in [0.4, 0.5) is 0 Å². The minimum atomic E-state index is -0.836. The van der Waals surface area contributed by atoms with Gasteiger partial charge in [-0.3, -0.25) is 14.6 Å². The molecular formula is C19H22N2O3. The predicted octanol–water partition coefficient (Wildman–Crippen LogP) is 2.72. The molecule has 24 heavy (non-hydrogen) atoms. The third-order valence-corrected chi connectivity index (χ3v) is 5.16. The summed E-state index contributed by atoms with van der Waals surface area (Å²) in [6, 6.07) is 7.91. The maximum absolute atomic E-state index is 12.7. The van der Waals surface area contributed by atoms with Crippen molar-refractivity contribution in [3.05, 3.63) is 41.1 Å². The van der Waals surface area contributed by atoms with Crippen LogP contribution in [0.2, 0.25) is 0 Å². The predicted molar refractivity (Wildman–Crippen MR) is 91.9 cm³/mol. The van der Waals surface area contributed by atoms with E-state index in [0.29, 0.717) is 13.0 Å². The molecule has 0 unspecified atom stereocenters. The van der Waals surface area contributed by atoms with Crippen LogP contribution in [0.1, 0.15) is 30.2 Å². The number of carbonyl (C=O) groups is 2. The molecule has 5 heteroatoms. The van der Waals surface area contributed by atoms with Gasteiger partial charge in [0.1, 0.15) is 0 Å². The molecule has 2 heterocycles. The average molecular weight is 326 g/mol. The van der Waals surface area contributed by atoms with Gasteiger partial charge in [-0.15, -0.1) is 0 Å². The van der Waals surface area contributed by atoms with Crippen molar-refractivity contribution in [3.63, 3.8) is 0 Å². The van der Waals surface area contributed by atoms with E-state index in [1.54, 1.807) is 11.8 Å². The van der Waals surface area contributed by atoms with Gasteiger partial charge in [-0.1, -0.05) is 18.2 Å². The number of rotatable bonds is 3. The second kappa shape index (κ2) is 5.89. The second-order valence-corrected chi connectivity index (χ2v) is 6.93. The van der Waals surface area contributed by atoms with Gasteiger partial charge < -0.3 is 10.0 Å². The number of pyridine rings is 1. The molecule has 1 aromatic heterocycles. The first-order chi connectivity index (χ1) is 11.3. The summed E-state index contributed by atoms with van der Waals surface area (Å²) in [5, 5.41) is 10.4. The lowest BCUT2D eigenvalue weighted by atomic mass is 9.90. The number of carboxylic acids is 1. The first-order valence-corrected chi connectivity index (χ1v) is 8.18. The number of nitrogens with zero attached hydrogens (tertiary/aromatic N) is 2. The molecule has 1 amide bonds. The summed E-state index contributed by atoms with van der Waals surface area (Å²) < 4.78 is 0. The average Bonchev–Trinajstić information content (AvgIpc) is 2.95. The standard InChI is InChI=1S/C19H22N2O3/c1-12-14-6-4-5-7-16(14)20-13(2)15(12)10-17(22)21-9-8-19(3,11-21)18(23)24/h4-7H,8-11H2,1-3H3,(H,23,24)/t19-/m0/s1. The Morgan fingerprint density at radius 1 is 1.29 bits per heavy atom. The summed E-state index contributed by atoms with van der Waals surface area (Å²) in [6.07, 6.45) is 0.771. The van der Waals surface area contributed by atoms with Crippen molar-refractivity contribution in [1.29, 1.82) is 0 Å². The number of carboxylic acid groups (broad SMARTS) is 1. The van der Waals surface area contributed by atoms with Gasteiger partial charge in [0.25, 0.3) is 0 Å². The largest absolute Gasteiger partial charge is 0.481 e. The van der Waals surface area contributed by atoms with Crippen molar-refractivity contribution >= 4 is 22.8 Å². The van der Waals surface area contributed by atoms with Crippen LogP contribution in [0.3, 0.4) is 0 Å². The summed E-state index contributed by atoms with van der Waals surface area (Å²) in [7, 11) is 0. The van der Waals surface area contributed by atoms with Crippen molar-refractivity contribution in [1.82, 2.24) is 9.88 Å². The van der Waals surface area contributed by atoms with Gasteiger partial charge in [-0.25, -0.2) is 0 Å². The highest BCUT2D eigenvalue weighted by Gasteiger charge is 2.42. The van der Waals surface area contributed by atoms with Crippen LogP contribution in [-0.2, 0) is 16.0 Å². The highest BCUT2D eigenvalue weighted by Crippen LogP contribution is 2.31. The minimum Gasteiger partial charge on any atom is -0.481 e. The van der Waals surface area contributed by atoms with E-state index >= 15 is 0 Å². The molecule has 1 atom stereocenters. The number of aromatic nitrogens is 1. The Kier molecular flexibility index (Phi) is 4.03. The van der Waals surface area contributed by atoms with Gasteiger partial charge in [-0.2, -0.15) is 0 Å². The monoisotopic (exact) mass is 326 g/mol. The normalized spacial score (nSPS) is 20.5. The Hall–Kier alpha value is -2.43. The van der Waals surface area contributed by atoms with Crippen molar-refractivity contribution < 1.29 is 14.7 Å². The van der Waals surface area contributed by atoms with Crippen molar-refractivity contribution in [3.8, 4) is 0 Å². The van der Waals surface area contributed by atoms with Crippen molar-refractivity contribution in [2.75, 3.05) is 13.1 Å². The Bertz CT molecular complexity index is 831. The summed E-state index contributed by atoms with van der Waals surface area (Å²) in [5.74, 6) is -0.860. The van der Waals surface area contributed by atoms with E-state index in [1.807, 2.05) is 38.1 Å². The number of carbonyl (C=O) groups excluding carboxylic acids is 1. The first-order valence-electron chi connectivity index (χ1n) is 8.18. The number of amides is 1. The van der Waals surface area contributed by atoms with Gasteiger partial charge in [-0.05, 0) is 44.4 Å². The van der Waals surface area contributed by atoms with Gasteiger partial charge >= 0.3 is 5.97 Å². The number of hydrogen-bond acceptors (Lipinski definition) is 3. The number of aryl methyl sites for hydroxylation is 2. The summed E-state index contributed by atoms with van der Waals surface area (Å²) in [6.45, 7) is 6.43. The molecular weight excluding hydrogens is 304 g/mol. The van der Waals surface area contributed by atoms with E-state index in [2.05, 4.69) is 4.98 Å². The van der Waals surface area contributed by atoms with Crippen LogP contribution < -0.4 is 0 Å². The van der Waals surface area contributed by atoms with E-state index in [4.69, 9.17) is 0 Å². The van der Waals surface area contributed by atoms with Crippen LogP contribution >= 0.6 is 0 Å². The van der Waals surface area contributed by atoms with Gasteiger partial charge in [0.05, 0.1) is 17.4 Å². The van der Waals surface area contributed by atoms with Crippen LogP contribution in [0.15, 0.2) is 24.3 Å². The van der Waals surface area contributed by atoms with Crippen LogP contribution in [0, 0.1) is 19.3 Å². The Balaban J connectivity index is 1.85. The quantitative estimate of drug-likeness (QED) is 0.941. The fourth-order valence-corrected chi connectivity index (χ4v) is 3.44. The zero-order valence-corrected chi connectivity index (χ0v) is 14.3. The maximum Gasteiger partial charge on any atom is 0.311 e. The number of fused-ring (bicyclic) bond motifs is 1. The fraction of sp³-hybridized carbons (Fsp3) is 0.421. The maximum atomic E-state index is 12.7. The molecule has 1 fully saturated rings. The molecule has 1 aromatic carbocycles. The SMILES string of the molecule is Cc1nc2ccccc2c(C)c1CC(=O)N1CC[C@](C)(C(=O)O)C1. The number of para-hydroxylation sites is 1. The molecule has 126 valence electrons. The number of likely N-dealkylation sites (tertiary alicyclic amines) is 1. The van der Waals surface area contributed by atoms with Crippen LogP contribution in [-0.4, -0.2) is 40.0 Å². The molecule has 2 aromatic rings. The van der Waals surface area contributed by atoms with Gasteiger partial charge in [0.15, 0.2) is 0 Å². The first kappa shape index (κ1) is 16.4. The molecule has 1 aliphatic heterocycles. The zero-order chi connectivity index (χ0) is 17.5. The third-order valence-electron chi connectivity index (χ3n) is 5.16. The lowest BCUT2D eigenvalue weighted by Gasteiger charge is -2.21. The highest BCUT2D eigenvalue weighted by molar-refractivity contribution is 5.87. The number of hydrogen-bond donors (Lipinski definition) is 1. The van der Waals surface area contributed by atoms with E-state index in [-0.39, 0.29) is 18.9 Å². The molecule has 5 nitrogen and oxygen atoms in total. The Labute approximate surface area is 141 Å². The minimum absolute atomic E-state index is 0.0248. The fourth-order valence-electron chi connectivity index (χ4n) is 3.44. The Morgan fingerprint density at radius 3 is 2.67 bits per heavy atom. The second-order valence-electron chi connectivity index (χ2n) is 6.93. The third kappa shape index (κ3) is 2.75. The smallest absolute Gasteiger partial charge is 0.311 e. The van der Waals surface area contributed by atoms with Crippen LogP contribution in [0.5, 0.6) is 0 Å². The van der Waals surface area contributed by atoms with E-state index in [0.717, 1.165) is 27.7 Å². The van der Waals surface area contributed by atoms with E-state index < -0.39 is 11.4 Å². The lowest BCUT2D eigenvalue weighted by molar-refractivity contribution is -0.147. The molecule has 1 saturated heterocycles. The molecule has 1 aliphatic rings. The lowest BCUT2D eigenvalue weighted by Crippen LogP contribution is -2.35. The number of benzene rings is 1. The molecule has 0 saturated carbocycles. The topological polar surface area (TPSA) is 70.5 Å². The molecule has 1 N–H and O–H groups in total. The summed E-state index contributed by atoms with van der Waals surface area (Å²) >= 11 is 0. The molecule has 0 bridgehead atoms. The van der Waals surface area contributed by atoms with Gasteiger partial charge in [0.2, 0.25) is 5.91 Å². The number of aliphatic carboxylic acids is 1. The zero-order valence-electron chi connectivity index (χ0n) is 14.3. The van der Waals surface area contributed by atoms with Crippen molar-refractivity contribution in [2.45, 2.75) is 33.6 Å². The van der Waals surface area contributed by atoms with Crippen molar-refractivity contribution in [2.24, 2.45) is 5.41 Å². The molecule has 0 spiro atoms.